The van der Waals surface area contributed by atoms with E-state index in [2.05, 4.69) is 15.3 Å². The van der Waals surface area contributed by atoms with E-state index in [1.807, 2.05) is 48.0 Å². The fraction of sp³-hybridized carbons (Fsp3) is 0.409. The smallest absolute Gasteiger partial charge is 0.234 e. The van der Waals surface area contributed by atoms with E-state index in [-0.39, 0.29) is 5.91 Å². The monoisotopic (exact) mass is 362 g/mol. The van der Waals surface area contributed by atoms with Gasteiger partial charge in [-0.2, -0.15) is 0 Å². The van der Waals surface area contributed by atoms with Gasteiger partial charge in [-0.3, -0.25) is 9.20 Å². The van der Waals surface area contributed by atoms with Crippen LogP contribution in [0.5, 0.6) is 0 Å². The Kier molecular flexibility index (Phi) is 5.19. The van der Waals surface area contributed by atoms with Gasteiger partial charge in [-0.1, -0.05) is 44.2 Å². The number of imidazole rings is 1. The second-order valence-electron chi connectivity index (χ2n) is 7.57. The quantitative estimate of drug-likeness (QED) is 0.694. The van der Waals surface area contributed by atoms with Crippen molar-refractivity contribution >= 4 is 17.4 Å². The Hall–Kier alpha value is -2.69. The van der Waals surface area contributed by atoms with Gasteiger partial charge in [0.05, 0.1) is 5.69 Å². The fourth-order valence-corrected chi connectivity index (χ4v) is 3.91. The molecule has 5 heteroatoms. The van der Waals surface area contributed by atoms with Crippen LogP contribution in [0.1, 0.15) is 50.5 Å². The first-order valence-corrected chi connectivity index (χ1v) is 9.89. The maximum absolute atomic E-state index is 12.5. The fourth-order valence-electron chi connectivity index (χ4n) is 3.91. The molecule has 5 nitrogen and oxygen atoms in total. The van der Waals surface area contributed by atoms with Crippen LogP contribution in [0.4, 0.5) is 5.69 Å². The summed E-state index contributed by atoms with van der Waals surface area (Å²) in [4.78, 5) is 21.3. The van der Waals surface area contributed by atoms with Gasteiger partial charge >= 0.3 is 0 Å². The minimum absolute atomic E-state index is 0.109. The van der Waals surface area contributed by atoms with Crippen molar-refractivity contribution in [1.29, 1.82) is 0 Å². The average molecular weight is 362 g/mol. The third-order valence-corrected chi connectivity index (χ3v) is 5.55. The zero-order valence-corrected chi connectivity index (χ0v) is 15.8. The van der Waals surface area contributed by atoms with E-state index in [0.717, 1.165) is 34.8 Å². The van der Waals surface area contributed by atoms with Gasteiger partial charge < -0.3 is 5.32 Å². The number of carbonyl (C=O) groups excluding carboxylic acids is 1. The number of aryl methyl sites for hydroxylation is 1. The summed E-state index contributed by atoms with van der Waals surface area (Å²) >= 11 is 0. The zero-order valence-electron chi connectivity index (χ0n) is 15.8. The Morgan fingerprint density at radius 3 is 2.93 bits per heavy atom. The molecular weight excluding hydrogens is 336 g/mol. The lowest BCUT2D eigenvalue weighted by Crippen LogP contribution is -2.15. The summed E-state index contributed by atoms with van der Waals surface area (Å²) in [6.45, 7) is 2.02. The Bertz CT molecular complexity index is 907. The molecule has 140 valence electrons. The SMILES string of the molecule is Cc1ccc(-c2cn3cccnc3n2)cc1NC(=O)CCC1CCCCC1. The van der Waals surface area contributed by atoms with Gasteiger partial charge in [0.25, 0.3) is 0 Å². The molecule has 1 fully saturated rings. The number of amides is 1. The number of fused-ring (bicyclic) bond motifs is 1. The van der Waals surface area contributed by atoms with Crippen molar-refractivity contribution < 1.29 is 4.79 Å². The second kappa shape index (κ2) is 7.91. The van der Waals surface area contributed by atoms with Crippen LogP contribution in [-0.4, -0.2) is 20.3 Å². The van der Waals surface area contributed by atoms with Gasteiger partial charge in [-0.25, -0.2) is 9.97 Å². The minimum atomic E-state index is 0.109. The number of hydrogen-bond donors (Lipinski definition) is 1. The highest BCUT2D eigenvalue weighted by Crippen LogP contribution is 2.28. The average Bonchev–Trinajstić information content (AvgIpc) is 3.13. The molecule has 0 unspecified atom stereocenters. The third-order valence-electron chi connectivity index (χ3n) is 5.55. The molecule has 1 saturated carbocycles. The molecule has 2 aromatic heterocycles. The lowest BCUT2D eigenvalue weighted by molar-refractivity contribution is -0.116. The molecule has 0 bridgehead atoms. The first-order valence-electron chi connectivity index (χ1n) is 9.89. The van der Waals surface area contributed by atoms with Crippen LogP contribution in [0.25, 0.3) is 17.0 Å². The number of hydrogen-bond acceptors (Lipinski definition) is 3. The number of rotatable bonds is 5. The predicted molar refractivity (Wildman–Crippen MR) is 108 cm³/mol. The van der Waals surface area contributed by atoms with E-state index in [4.69, 9.17) is 0 Å². The molecule has 0 radical (unpaired) electrons. The van der Waals surface area contributed by atoms with Gasteiger partial charge in [0, 0.05) is 36.3 Å². The number of nitrogens with zero attached hydrogens (tertiary/aromatic N) is 3. The van der Waals surface area contributed by atoms with Gasteiger partial charge in [-0.05, 0) is 37.0 Å². The minimum Gasteiger partial charge on any atom is -0.326 e. The van der Waals surface area contributed by atoms with Crippen molar-refractivity contribution in [3.63, 3.8) is 0 Å². The lowest BCUT2D eigenvalue weighted by atomic mass is 9.86. The molecule has 0 aliphatic heterocycles. The molecule has 0 spiro atoms. The summed E-state index contributed by atoms with van der Waals surface area (Å²) in [5.41, 5.74) is 3.76. The number of nitrogens with one attached hydrogen (secondary N) is 1. The third kappa shape index (κ3) is 4.18. The van der Waals surface area contributed by atoms with Crippen LogP contribution < -0.4 is 5.32 Å². The van der Waals surface area contributed by atoms with Crippen LogP contribution in [0.15, 0.2) is 42.9 Å². The summed E-state index contributed by atoms with van der Waals surface area (Å²) in [6, 6.07) is 7.96. The number of anilines is 1. The van der Waals surface area contributed by atoms with E-state index in [0.29, 0.717) is 12.2 Å². The van der Waals surface area contributed by atoms with Crippen molar-refractivity contribution in [2.24, 2.45) is 5.92 Å². The number of aromatic nitrogens is 3. The molecule has 2 heterocycles. The molecule has 0 saturated heterocycles. The largest absolute Gasteiger partial charge is 0.326 e. The van der Waals surface area contributed by atoms with Gasteiger partial charge in [0.15, 0.2) is 0 Å². The Balaban J connectivity index is 1.46. The van der Waals surface area contributed by atoms with Gasteiger partial charge in [0.2, 0.25) is 11.7 Å². The van der Waals surface area contributed by atoms with E-state index in [9.17, 15) is 4.79 Å². The zero-order chi connectivity index (χ0) is 18.6. The van der Waals surface area contributed by atoms with E-state index in [1.165, 1.54) is 32.1 Å². The highest BCUT2D eigenvalue weighted by Gasteiger charge is 2.15. The molecule has 0 atom stereocenters. The second-order valence-corrected chi connectivity index (χ2v) is 7.57. The highest BCUT2D eigenvalue weighted by molar-refractivity contribution is 5.92. The molecule has 27 heavy (non-hydrogen) atoms. The van der Waals surface area contributed by atoms with Gasteiger partial charge in [-0.15, -0.1) is 0 Å². The predicted octanol–water partition coefficient (Wildman–Crippen LogP) is 5.00. The molecule has 1 aliphatic carbocycles. The molecule has 1 aliphatic rings. The molecule has 1 amide bonds. The molecule has 1 N–H and O–H groups in total. The molecule has 1 aromatic carbocycles. The van der Waals surface area contributed by atoms with Crippen molar-refractivity contribution in [3.05, 3.63) is 48.4 Å². The van der Waals surface area contributed by atoms with Crippen LogP contribution in [0.2, 0.25) is 0 Å². The lowest BCUT2D eigenvalue weighted by Gasteiger charge is -2.21. The standard InChI is InChI=1S/C22H26N4O/c1-16-8-10-18(20-15-26-13-5-12-23-22(26)25-20)14-19(16)24-21(27)11-9-17-6-3-2-4-7-17/h5,8,10,12-15,17H,2-4,6-7,9,11H2,1H3,(H,24,27). The number of benzene rings is 1. The Labute approximate surface area is 159 Å². The first-order chi connectivity index (χ1) is 13.2. The van der Waals surface area contributed by atoms with E-state index < -0.39 is 0 Å². The van der Waals surface area contributed by atoms with Crippen molar-refractivity contribution in [3.8, 4) is 11.3 Å². The summed E-state index contributed by atoms with van der Waals surface area (Å²) in [5, 5.41) is 3.10. The Morgan fingerprint density at radius 2 is 2.11 bits per heavy atom. The van der Waals surface area contributed by atoms with Gasteiger partial charge in [0.1, 0.15) is 0 Å². The van der Waals surface area contributed by atoms with E-state index >= 15 is 0 Å². The summed E-state index contributed by atoms with van der Waals surface area (Å²) in [7, 11) is 0. The topological polar surface area (TPSA) is 59.3 Å². The van der Waals surface area contributed by atoms with Crippen LogP contribution >= 0.6 is 0 Å². The van der Waals surface area contributed by atoms with Crippen molar-refractivity contribution in [1.82, 2.24) is 14.4 Å². The van der Waals surface area contributed by atoms with Crippen molar-refractivity contribution in [2.45, 2.75) is 51.9 Å². The van der Waals surface area contributed by atoms with E-state index in [1.54, 1.807) is 6.20 Å². The highest BCUT2D eigenvalue weighted by atomic mass is 16.1. The molecular formula is C22H26N4O. The molecule has 3 aromatic rings. The summed E-state index contributed by atoms with van der Waals surface area (Å²) < 4.78 is 1.90. The maximum atomic E-state index is 12.5. The number of carbonyl (C=O) groups is 1. The maximum Gasteiger partial charge on any atom is 0.234 e. The van der Waals surface area contributed by atoms with Crippen LogP contribution in [-0.2, 0) is 4.79 Å². The summed E-state index contributed by atoms with van der Waals surface area (Å²) in [6.07, 6.45) is 13.8. The Morgan fingerprint density at radius 1 is 1.26 bits per heavy atom. The molecule has 4 rings (SSSR count). The van der Waals surface area contributed by atoms with Crippen LogP contribution in [0.3, 0.4) is 0 Å². The summed E-state index contributed by atoms with van der Waals surface area (Å²) in [5.74, 6) is 1.51. The van der Waals surface area contributed by atoms with Crippen LogP contribution in [0, 0.1) is 12.8 Å². The normalized spacial score (nSPS) is 15.1. The first kappa shape index (κ1) is 17.7. The van der Waals surface area contributed by atoms with Crippen molar-refractivity contribution in [2.75, 3.05) is 5.32 Å².